The van der Waals surface area contributed by atoms with Crippen LogP contribution in [0, 0.1) is 6.92 Å². The fourth-order valence-corrected chi connectivity index (χ4v) is 1.61. The molecule has 1 heterocycles. The molecule has 1 aromatic heterocycles. The number of carbonyl (C=O) groups excluding carboxylic acids is 1. The number of tetrazole rings is 1. The van der Waals surface area contributed by atoms with Gasteiger partial charge in [-0.15, -0.1) is 17.5 Å². The summed E-state index contributed by atoms with van der Waals surface area (Å²) in [4.78, 5) is 11.7. The molecule has 1 amide bonds. The molecule has 1 atom stereocenters. The lowest BCUT2D eigenvalue weighted by Crippen LogP contribution is -2.34. The van der Waals surface area contributed by atoms with Crippen LogP contribution in [0.3, 0.4) is 0 Å². The third-order valence-corrected chi connectivity index (χ3v) is 2.76. The van der Waals surface area contributed by atoms with E-state index in [9.17, 15) is 4.79 Å². The second-order valence-electron chi connectivity index (χ2n) is 4.19. The van der Waals surface area contributed by atoms with E-state index in [0.717, 1.165) is 5.69 Å². The molecule has 0 bridgehead atoms. The zero-order valence-electron chi connectivity index (χ0n) is 11.3. The molecule has 1 aromatic carbocycles. The minimum absolute atomic E-state index is 0. The van der Waals surface area contributed by atoms with Gasteiger partial charge in [0.25, 0.3) is 0 Å². The molecule has 2 aromatic rings. The van der Waals surface area contributed by atoms with Crippen molar-refractivity contribution in [3.8, 4) is 5.69 Å². The Morgan fingerprint density at radius 2 is 2.25 bits per heavy atom. The van der Waals surface area contributed by atoms with Crippen LogP contribution in [0.4, 0.5) is 5.69 Å². The highest BCUT2D eigenvalue weighted by Crippen LogP contribution is 2.14. The molecule has 0 spiro atoms. The number of nitrogens with two attached hydrogens (primary N) is 1. The monoisotopic (exact) mass is 296 g/mol. The van der Waals surface area contributed by atoms with Gasteiger partial charge >= 0.3 is 0 Å². The quantitative estimate of drug-likeness (QED) is 0.879. The molecule has 0 saturated heterocycles. The van der Waals surface area contributed by atoms with Gasteiger partial charge in [0, 0.05) is 5.69 Å². The summed E-state index contributed by atoms with van der Waals surface area (Å²) in [6, 6.07) is 6.77. The molecule has 20 heavy (non-hydrogen) atoms. The zero-order chi connectivity index (χ0) is 13.8. The lowest BCUT2D eigenvalue weighted by molar-refractivity contribution is -0.117. The van der Waals surface area contributed by atoms with Crippen LogP contribution in [0.2, 0.25) is 0 Å². The normalized spacial score (nSPS) is 11.6. The molecule has 0 fully saturated rings. The zero-order valence-corrected chi connectivity index (χ0v) is 12.1. The highest BCUT2D eigenvalue weighted by atomic mass is 35.5. The van der Waals surface area contributed by atoms with E-state index in [0.29, 0.717) is 17.9 Å². The van der Waals surface area contributed by atoms with Gasteiger partial charge in [-0.05, 0) is 42.0 Å². The van der Waals surface area contributed by atoms with Gasteiger partial charge in [0.2, 0.25) is 5.91 Å². The van der Waals surface area contributed by atoms with Crippen molar-refractivity contribution in [2.24, 2.45) is 5.73 Å². The number of halogens is 1. The fraction of sp³-hybridized carbons (Fsp3) is 0.333. The lowest BCUT2D eigenvalue weighted by atomic mass is 10.2. The first-order chi connectivity index (χ1) is 9.11. The van der Waals surface area contributed by atoms with Gasteiger partial charge in [-0.1, -0.05) is 13.0 Å². The van der Waals surface area contributed by atoms with E-state index in [1.807, 2.05) is 19.1 Å². The SMILES string of the molecule is CC[C@H](N)C(=O)Nc1cccc(-n2nnnc2C)c1.Cl. The Balaban J connectivity index is 0.00000200. The predicted octanol–water partition coefficient (Wildman–Crippen LogP) is 1.07. The number of aromatic nitrogens is 4. The van der Waals surface area contributed by atoms with Crippen LogP contribution < -0.4 is 11.1 Å². The standard InChI is InChI=1S/C12H16N6O.ClH/c1-3-11(13)12(19)14-9-5-4-6-10(7-9)18-8(2)15-16-17-18;/h4-7,11H,3,13H2,1-2H3,(H,14,19);1H/t11-;/m0./s1. The van der Waals surface area contributed by atoms with Crippen molar-refractivity contribution in [2.75, 3.05) is 5.32 Å². The average molecular weight is 297 g/mol. The first-order valence-electron chi connectivity index (χ1n) is 6.03. The van der Waals surface area contributed by atoms with E-state index in [4.69, 9.17) is 5.73 Å². The van der Waals surface area contributed by atoms with E-state index in [-0.39, 0.29) is 18.3 Å². The minimum Gasteiger partial charge on any atom is -0.325 e. The molecule has 0 aliphatic rings. The summed E-state index contributed by atoms with van der Waals surface area (Å²) in [5, 5.41) is 14.0. The number of nitrogens with one attached hydrogen (secondary N) is 1. The highest BCUT2D eigenvalue weighted by molar-refractivity contribution is 5.94. The van der Waals surface area contributed by atoms with Crippen molar-refractivity contribution in [1.29, 1.82) is 0 Å². The molecule has 3 N–H and O–H groups in total. The molecule has 0 aliphatic heterocycles. The Morgan fingerprint density at radius 3 is 2.85 bits per heavy atom. The van der Waals surface area contributed by atoms with E-state index < -0.39 is 6.04 Å². The van der Waals surface area contributed by atoms with Gasteiger partial charge in [0.15, 0.2) is 5.82 Å². The number of hydrogen-bond acceptors (Lipinski definition) is 5. The molecule has 8 heteroatoms. The van der Waals surface area contributed by atoms with Crippen molar-refractivity contribution >= 4 is 24.0 Å². The molecular weight excluding hydrogens is 280 g/mol. The number of aryl methyl sites for hydroxylation is 1. The summed E-state index contributed by atoms with van der Waals surface area (Å²) in [5.41, 5.74) is 7.12. The van der Waals surface area contributed by atoms with Crippen molar-refractivity contribution in [3.63, 3.8) is 0 Å². The number of anilines is 1. The Labute approximate surface area is 123 Å². The van der Waals surface area contributed by atoms with E-state index in [1.54, 1.807) is 23.7 Å². The van der Waals surface area contributed by atoms with Crippen molar-refractivity contribution in [1.82, 2.24) is 20.2 Å². The largest absolute Gasteiger partial charge is 0.325 e. The number of nitrogens with zero attached hydrogens (tertiary/aromatic N) is 4. The second-order valence-corrected chi connectivity index (χ2v) is 4.19. The molecular formula is C12H17ClN6O. The molecule has 0 aliphatic carbocycles. The minimum atomic E-state index is -0.501. The van der Waals surface area contributed by atoms with Crippen molar-refractivity contribution in [3.05, 3.63) is 30.1 Å². The van der Waals surface area contributed by atoms with Gasteiger partial charge in [0.05, 0.1) is 11.7 Å². The Bertz CT molecular complexity index is 585. The maximum Gasteiger partial charge on any atom is 0.241 e. The number of hydrogen-bond donors (Lipinski definition) is 2. The van der Waals surface area contributed by atoms with Crippen LogP contribution in [0.5, 0.6) is 0 Å². The average Bonchev–Trinajstić information content (AvgIpc) is 2.84. The maximum atomic E-state index is 11.7. The van der Waals surface area contributed by atoms with E-state index in [2.05, 4.69) is 20.8 Å². The van der Waals surface area contributed by atoms with Crippen molar-refractivity contribution in [2.45, 2.75) is 26.3 Å². The van der Waals surface area contributed by atoms with Gasteiger partial charge in [0.1, 0.15) is 0 Å². The number of benzene rings is 1. The Hall–Kier alpha value is -1.99. The van der Waals surface area contributed by atoms with Gasteiger partial charge in [-0.3, -0.25) is 4.79 Å². The van der Waals surface area contributed by atoms with Gasteiger partial charge in [-0.2, -0.15) is 4.68 Å². The van der Waals surface area contributed by atoms with Gasteiger partial charge < -0.3 is 11.1 Å². The summed E-state index contributed by atoms with van der Waals surface area (Å²) >= 11 is 0. The highest BCUT2D eigenvalue weighted by Gasteiger charge is 2.11. The van der Waals surface area contributed by atoms with Crippen molar-refractivity contribution < 1.29 is 4.79 Å². The summed E-state index contributed by atoms with van der Waals surface area (Å²) in [6.07, 6.45) is 0.595. The van der Waals surface area contributed by atoms with Crippen LogP contribution in [-0.4, -0.2) is 32.2 Å². The number of rotatable bonds is 4. The molecule has 0 radical (unpaired) electrons. The molecule has 108 valence electrons. The van der Waals surface area contributed by atoms with Crippen LogP contribution in [0.25, 0.3) is 5.69 Å². The van der Waals surface area contributed by atoms with Crippen LogP contribution >= 0.6 is 12.4 Å². The smallest absolute Gasteiger partial charge is 0.241 e. The summed E-state index contributed by atoms with van der Waals surface area (Å²) in [7, 11) is 0. The fourth-order valence-electron chi connectivity index (χ4n) is 1.61. The molecule has 7 nitrogen and oxygen atoms in total. The number of carbonyl (C=O) groups is 1. The topological polar surface area (TPSA) is 98.7 Å². The molecule has 2 rings (SSSR count). The van der Waals surface area contributed by atoms with Crippen LogP contribution in [-0.2, 0) is 4.79 Å². The van der Waals surface area contributed by atoms with Crippen LogP contribution in [0.1, 0.15) is 19.2 Å². The van der Waals surface area contributed by atoms with Gasteiger partial charge in [-0.25, -0.2) is 0 Å². The Morgan fingerprint density at radius 1 is 1.50 bits per heavy atom. The predicted molar refractivity (Wildman–Crippen MR) is 78.0 cm³/mol. The summed E-state index contributed by atoms with van der Waals surface area (Å²) in [6.45, 7) is 3.67. The van der Waals surface area contributed by atoms with Crippen LogP contribution in [0.15, 0.2) is 24.3 Å². The third kappa shape index (κ3) is 3.52. The molecule has 0 unspecified atom stereocenters. The molecule has 0 saturated carbocycles. The number of amides is 1. The summed E-state index contributed by atoms with van der Waals surface area (Å²) < 4.78 is 1.59. The van der Waals surface area contributed by atoms with E-state index in [1.165, 1.54) is 0 Å². The third-order valence-electron chi connectivity index (χ3n) is 2.76. The Kier molecular flexibility index (Phi) is 5.60. The first-order valence-corrected chi connectivity index (χ1v) is 6.03. The summed E-state index contributed by atoms with van der Waals surface area (Å²) in [5.74, 6) is 0.474. The maximum absolute atomic E-state index is 11.7. The second kappa shape index (κ2) is 6.97. The lowest BCUT2D eigenvalue weighted by Gasteiger charge is -2.11. The first kappa shape index (κ1) is 16.1. The van der Waals surface area contributed by atoms with E-state index >= 15 is 0 Å².